The van der Waals surface area contributed by atoms with Gasteiger partial charge in [-0.05, 0) is 70.5 Å². The van der Waals surface area contributed by atoms with Gasteiger partial charge in [0, 0.05) is 0 Å². The number of phenols is 1. The third kappa shape index (κ3) is 3.23. The van der Waals surface area contributed by atoms with Gasteiger partial charge in [0.15, 0.2) is 0 Å². The molecule has 0 atom stereocenters. The lowest BCUT2D eigenvalue weighted by Crippen LogP contribution is -2.02. The summed E-state index contributed by atoms with van der Waals surface area (Å²) in [5.74, 6) is 0.322. The molecule has 4 aromatic carbocycles. The van der Waals surface area contributed by atoms with Crippen LogP contribution in [0.1, 0.15) is 24.0 Å². The first-order valence-corrected chi connectivity index (χ1v) is 8.99. The summed E-state index contributed by atoms with van der Waals surface area (Å²) in [5, 5.41) is 14.3. The first-order valence-electron chi connectivity index (χ1n) is 8.99. The van der Waals surface area contributed by atoms with E-state index in [0.29, 0.717) is 5.75 Å². The van der Waals surface area contributed by atoms with Crippen molar-refractivity contribution in [1.29, 1.82) is 0 Å². The Morgan fingerprint density at radius 1 is 0.560 bits per heavy atom. The second-order valence-electron chi connectivity index (χ2n) is 6.63. The molecule has 0 fully saturated rings. The molecule has 5 rings (SSSR count). The molecule has 4 aromatic rings. The van der Waals surface area contributed by atoms with E-state index in [2.05, 4.69) is 48.5 Å². The molecule has 1 nitrogen and oxygen atoms in total. The SMILES string of the molecule is Oc1ccccc1.c1ccc2c(c1)ccc1c3c(ccc12)CCCC3. The lowest BCUT2D eigenvalue weighted by atomic mass is 9.86. The molecule has 124 valence electrons. The maximum Gasteiger partial charge on any atom is 0.115 e. The number of phenolic OH excluding ortho intramolecular Hbond substituents is 1. The van der Waals surface area contributed by atoms with Crippen LogP contribution >= 0.6 is 0 Å². The molecule has 0 amide bonds. The maximum absolute atomic E-state index is 8.63. The summed E-state index contributed by atoms with van der Waals surface area (Å²) in [6.45, 7) is 0. The van der Waals surface area contributed by atoms with Gasteiger partial charge in [-0.3, -0.25) is 0 Å². The van der Waals surface area contributed by atoms with Gasteiger partial charge in [0.25, 0.3) is 0 Å². The number of hydrogen-bond acceptors (Lipinski definition) is 1. The molecule has 0 spiro atoms. The van der Waals surface area contributed by atoms with E-state index in [4.69, 9.17) is 5.11 Å². The molecular weight excluding hydrogens is 304 g/mol. The van der Waals surface area contributed by atoms with Crippen molar-refractivity contribution in [2.45, 2.75) is 25.7 Å². The van der Waals surface area contributed by atoms with E-state index in [1.807, 2.05) is 6.07 Å². The Kier molecular flexibility index (Phi) is 4.39. The fraction of sp³-hybridized carbons (Fsp3) is 0.167. The predicted molar refractivity (Wildman–Crippen MR) is 106 cm³/mol. The minimum Gasteiger partial charge on any atom is -0.508 e. The van der Waals surface area contributed by atoms with E-state index in [9.17, 15) is 0 Å². The highest BCUT2D eigenvalue weighted by atomic mass is 16.3. The van der Waals surface area contributed by atoms with Crippen LogP contribution in [0, 0.1) is 0 Å². The molecule has 0 aromatic heterocycles. The predicted octanol–water partition coefficient (Wildman–Crippen LogP) is 6.26. The van der Waals surface area contributed by atoms with Gasteiger partial charge >= 0.3 is 0 Å². The standard InChI is InChI=1S/C18H16.C6H6O/c1-3-7-15-13(5-1)9-11-18-16-8-4-2-6-14(16)10-12-17(15)18;7-6-4-2-1-3-5-6/h1,3,5,7,9-12H,2,4,6,8H2;1-5,7H. The third-order valence-corrected chi connectivity index (χ3v) is 5.01. The number of para-hydroxylation sites is 1. The summed E-state index contributed by atoms with van der Waals surface area (Å²) >= 11 is 0. The Morgan fingerprint density at radius 3 is 2.08 bits per heavy atom. The summed E-state index contributed by atoms with van der Waals surface area (Å²) in [7, 11) is 0. The maximum atomic E-state index is 8.63. The van der Waals surface area contributed by atoms with Crippen molar-refractivity contribution in [2.24, 2.45) is 0 Å². The van der Waals surface area contributed by atoms with Gasteiger partial charge in [0.2, 0.25) is 0 Å². The third-order valence-electron chi connectivity index (χ3n) is 5.01. The highest BCUT2D eigenvalue weighted by Gasteiger charge is 2.13. The zero-order valence-corrected chi connectivity index (χ0v) is 14.3. The summed E-state index contributed by atoms with van der Waals surface area (Å²) < 4.78 is 0. The van der Waals surface area contributed by atoms with Crippen molar-refractivity contribution in [3.8, 4) is 5.75 Å². The Balaban J connectivity index is 0.000000190. The Labute approximate surface area is 148 Å². The van der Waals surface area contributed by atoms with E-state index in [1.165, 1.54) is 47.2 Å². The van der Waals surface area contributed by atoms with Gasteiger partial charge in [-0.25, -0.2) is 0 Å². The number of rotatable bonds is 0. The van der Waals surface area contributed by atoms with Crippen molar-refractivity contribution in [1.82, 2.24) is 0 Å². The average molecular weight is 326 g/mol. The van der Waals surface area contributed by atoms with E-state index in [0.717, 1.165) is 0 Å². The Bertz CT molecular complexity index is 1000. The molecule has 1 aliphatic rings. The molecule has 1 N–H and O–H groups in total. The Hall–Kier alpha value is -2.80. The zero-order valence-electron chi connectivity index (χ0n) is 14.3. The highest BCUT2D eigenvalue weighted by Crippen LogP contribution is 2.33. The van der Waals surface area contributed by atoms with Gasteiger partial charge in [-0.15, -0.1) is 0 Å². The van der Waals surface area contributed by atoms with Crippen molar-refractivity contribution in [2.75, 3.05) is 0 Å². The van der Waals surface area contributed by atoms with E-state index in [1.54, 1.807) is 35.4 Å². The molecule has 1 heteroatoms. The molecule has 1 aliphatic carbocycles. The summed E-state index contributed by atoms with van der Waals surface area (Å²) in [6, 6.07) is 26.7. The normalized spacial score (nSPS) is 13.1. The van der Waals surface area contributed by atoms with Crippen molar-refractivity contribution in [3.63, 3.8) is 0 Å². The minimum atomic E-state index is 0.322. The van der Waals surface area contributed by atoms with Gasteiger partial charge < -0.3 is 5.11 Å². The molecule has 0 radical (unpaired) electrons. The van der Waals surface area contributed by atoms with Crippen LogP contribution in [0.15, 0.2) is 78.9 Å². The zero-order chi connectivity index (χ0) is 17.1. The number of aromatic hydroxyl groups is 1. The molecule has 0 bridgehead atoms. The van der Waals surface area contributed by atoms with Crippen molar-refractivity contribution >= 4 is 21.5 Å². The number of benzene rings is 4. The molecule has 0 saturated carbocycles. The minimum absolute atomic E-state index is 0.322. The first-order chi connectivity index (χ1) is 12.3. The smallest absolute Gasteiger partial charge is 0.115 e. The topological polar surface area (TPSA) is 20.2 Å². The Morgan fingerprint density at radius 2 is 1.28 bits per heavy atom. The van der Waals surface area contributed by atoms with Crippen LogP contribution in [0.2, 0.25) is 0 Å². The quantitative estimate of drug-likeness (QED) is 0.378. The summed E-state index contributed by atoms with van der Waals surface area (Å²) in [4.78, 5) is 0. The second-order valence-corrected chi connectivity index (χ2v) is 6.63. The molecule has 0 saturated heterocycles. The number of aryl methyl sites for hydroxylation is 2. The van der Waals surface area contributed by atoms with E-state index < -0.39 is 0 Å². The number of fused-ring (bicyclic) bond motifs is 5. The van der Waals surface area contributed by atoms with Crippen LogP contribution in [0.4, 0.5) is 0 Å². The molecule has 0 heterocycles. The monoisotopic (exact) mass is 326 g/mol. The summed E-state index contributed by atoms with van der Waals surface area (Å²) in [5.41, 5.74) is 3.17. The van der Waals surface area contributed by atoms with Crippen LogP contribution in [-0.2, 0) is 12.8 Å². The second kappa shape index (κ2) is 6.98. The summed E-state index contributed by atoms with van der Waals surface area (Å²) in [6.07, 6.45) is 5.22. The van der Waals surface area contributed by atoms with E-state index in [-0.39, 0.29) is 0 Å². The van der Waals surface area contributed by atoms with Crippen LogP contribution in [0.5, 0.6) is 5.75 Å². The largest absolute Gasteiger partial charge is 0.508 e. The highest BCUT2D eigenvalue weighted by molar-refractivity contribution is 6.08. The molecule has 0 aliphatic heterocycles. The molecule has 0 unspecified atom stereocenters. The molecular formula is C24H22O. The number of hydrogen-bond donors (Lipinski definition) is 1. The van der Waals surface area contributed by atoms with E-state index >= 15 is 0 Å². The van der Waals surface area contributed by atoms with Crippen LogP contribution in [-0.4, -0.2) is 5.11 Å². The van der Waals surface area contributed by atoms with Crippen LogP contribution < -0.4 is 0 Å². The lowest BCUT2D eigenvalue weighted by molar-refractivity contribution is 0.475. The first kappa shape index (κ1) is 15.7. The average Bonchev–Trinajstić information content (AvgIpc) is 2.68. The van der Waals surface area contributed by atoms with Crippen molar-refractivity contribution < 1.29 is 5.11 Å². The fourth-order valence-electron chi connectivity index (χ4n) is 3.77. The fourth-order valence-corrected chi connectivity index (χ4v) is 3.77. The van der Waals surface area contributed by atoms with Crippen molar-refractivity contribution in [3.05, 3.63) is 90.0 Å². The van der Waals surface area contributed by atoms with Crippen LogP contribution in [0.25, 0.3) is 21.5 Å². The lowest BCUT2D eigenvalue weighted by Gasteiger charge is -2.18. The van der Waals surface area contributed by atoms with Gasteiger partial charge in [-0.1, -0.05) is 66.7 Å². The van der Waals surface area contributed by atoms with Gasteiger partial charge in [-0.2, -0.15) is 0 Å². The van der Waals surface area contributed by atoms with Crippen LogP contribution in [0.3, 0.4) is 0 Å². The van der Waals surface area contributed by atoms with Gasteiger partial charge in [0.05, 0.1) is 0 Å². The molecule has 25 heavy (non-hydrogen) atoms. The van der Waals surface area contributed by atoms with Gasteiger partial charge in [0.1, 0.15) is 5.75 Å².